The summed E-state index contributed by atoms with van der Waals surface area (Å²) >= 11 is 0. The molecule has 1 N–H and O–H groups in total. The molecular formula is C13H17NO4. The molecule has 1 aromatic carbocycles. The van der Waals surface area contributed by atoms with Gasteiger partial charge in [0.25, 0.3) is 0 Å². The van der Waals surface area contributed by atoms with E-state index >= 15 is 0 Å². The first-order chi connectivity index (χ1) is 8.81. The number of carbonyl (C=O) groups is 1. The van der Waals surface area contributed by atoms with Crippen LogP contribution in [0.3, 0.4) is 0 Å². The van der Waals surface area contributed by atoms with Crippen LogP contribution in [0.4, 0.5) is 4.79 Å². The fourth-order valence-corrected chi connectivity index (χ4v) is 1.85. The second-order valence-electron chi connectivity index (χ2n) is 4.14. The normalized spacial score (nSPS) is 19.6. The molecule has 1 fully saturated rings. The summed E-state index contributed by atoms with van der Waals surface area (Å²) in [5.74, 6) is 0. The van der Waals surface area contributed by atoms with E-state index in [0.717, 1.165) is 5.56 Å². The number of ether oxygens (including phenoxy) is 2. The molecule has 0 aromatic heterocycles. The molecule has 0 radical (unpaired) electrons. The summed E-state index contributed by atoms with van der Waals surface area (Å²) < 4.78 is 10.4. The van der Waals surface area contributed by atoms with E-state index in [1.807, 2.05) is 30.3 Å². The van der Waals surface area contributed by atoms with E-state index in [9.17, 15) is 4.79 Å². The summed E-state index contributed by atoms with van der Waals surface area (Å²) in [7, 11) is 0. The lowest BCUT2D eigenvalue weighted by molar-refractivity contribution is -0.0272. The van der Waals surface area contributed by atoms with Crippen LogP contribution < -0.4 is 0 Å². The van der Waals surface area contributed by atoms with Crippen molar-refractivity contribution < 1.29 is 19.4 Å². The van der Waals surface area contributed by atoms with Crippen LogP contribution in [0.25, 0.3) is 0 Å². The zero-order valence-electron chi connectivity index (χ0n) is 10.1. The first-order valence-corrected chi connectivity index (χ1v) is 5.97. The zero-order valence-corrected chi connectivity index (χ0v) is 10.1. The van der Waals surface area contributed by atoms with Crippen LogP contribution in [-0.2, 0) is 16.1 Å². The molecule has 2 rings (SSSR count). The Kier molecular flexibility index (Phi) is 4.55. The minimum atomic E-state index is -0.402. The maximum absolute atomic E-state index is 11.9. The summed E-state index contributed by atoms with van der Waals surface area (Å²) in [5.41, 5.74) is 0.944. The second-order valence-corrected chi connectivity index (χ2v) is 4.14. The Morgan fingerprint density at radius 1 is 1.44 bits per heavy atom. The van der Waals surface area contributed by atoms with Crippen molar-refractivity contribution in [2.45, 2.75) is 12.6 Å². The quantitative estimate of drug-likeness (QED) is 0.871. The minimum absolute atomic E-state index is 0.111. The van der Waals surface area contributed by atoms with Crippen molar-refractivity contribution in [2.75, 3.05) is 26.4 Å². The predicted octanol–water partition coefficient (Wildman–Crippen LogP) is 1.02. The van der Waals surface area contributed by atoms with Crippen molar-refractivity contribution in [3.63, 3.8) is 0 Å². The molecule has 18 heavy (non-hydrogen) atoms. The van der Waals surface area contributed by atoms with Gasteiger partial charge in [-0.1, -0.05) is 30.3 Å². The smallest absolute Gasteiger partial charge is 0.410 e. The molecule has 1 heterocycles. The van der Waals surface area contributed by atoms with E-state index < -0.39 is 6.09 Å². The van der Waals surface area contributed by atoms with Crippen LogP contribution in [0.2, 0.25) is 0 Å². The number of aliphatic hydroxyl groups is 1. The summed E-state index contributed by atoms with van der Waals surface area (Å²) in [6, 6.07) is 9.20. The third-order valence-corrected chi connectivity index (χ3v) is 2.88. The summed E-state index contributed by atoms with van der Waals surface area (Å²) in [6.07, 6.45) is -0.402. The Labute approximate surface area is 106 Å². The van der Waals surface area contributed by atoms with Gasteiger partial charge in [-0.05, 0) is 5.56 Å². The highest BCUT2D eigenvalue weighted by molar-refractivity contribution is 5.68. The molecule has 1 saturated heterocycles. The molecule has 0 unspecified atom stereocenters. The molecule has 5 nitrogen and oxygen atoms in total. The van der Waals surface area contributed by atoms with Gasteiger partial charge in [0.2, 0.25) is 0 Å². The van der Waals surface area contributed by atoms with E-state index in [0.29, 0.717) is 19.8 Å². The van der Waals surface area contributed by atoms with Gasteiger partial charge in [0.1, 0.15) is 6.61 Å². The summed E-state index contributed by atoms with van der Waals surface area (Å²) in [6.45, 7) is 1.43. The molecule has 0 spiro atoms. The number of hydrogen-bond donors (Lipinski definition) is 1. The van der Waals surface area contributed by atoms with E-state index in [2.05, 4.69) is 0 Å². The number of rotatable bonds is 3. The molecular weight excluding hydrogens is 234 g/mol. The summed E-state index contributed by atoms with van der Waals surface area (Å²) in [4.78, 5) is 13.4. The Morgan fingerprint density at radius 2 is 2.22 bits per heavy atom. The van der Waals surface area contributed by atoms with Gasteiger partial charge in [-0.3, -0.25) is 4.90 Å². The third kappa shape index (κ3) is 3.21. The zero-order chi connectivity index (χ0) is 12.8. The lowest BCUT2D eigenvalue weighted by atomic mass is 10.2. The highest BCUT2D eigenvalue weighted by Gasteiger charge is 2.27. The lowest BCUT2D eigenvalue weighted by Gasteiger charge is -2.33. The topological polar surface area (TPSA) is 59.0 Å². The van der Waals surface area contributed by atoms with Gasteiger partial charge < -0.3 is 14.6 Å². The summed E-state index contributed by atoms with van der Waals surface area (Å²) in [5, 5.41) is 9.17. The highest BCUT2D eigenvalue weighted by Crippen LogP contribution is 2.10. The fourth-order valence-electron chi connectivity index (χ4n) is 1.85. The van der Waals surface area contributed by atoms with Crippen molar-refractivity contribution in [3.8, 4) is 0 Å². The number of benzene rings is 1. The number of amides is 1. The van der Waals surface area contributed by atoms with Gasteiger partial charge in [-0.15, -0.1) is 0 Å². The molecule has 1 aliphatic rings. The predicted molar refractivity (Wildman–Crippen MR) is 65.0 cm³/mol. The van der Waals surface area contributed by atoms with E-state index in [4.69, 9.17) is 14.6 Å². The maximum atomic E-state index is 11.9. The Morgan fingerprint density at radius 3 is 2.94 bits per heavy atom. The molecule has 1 atom stereocenters. The first-order valence-electron chi connectivity index (χ1n) is 5.97. The van der Waals surface area contributed by atoms with Crippen molar-refractivity contribution in [3.05, 3.63) is 35.9 Å². The largest absolute Gasteiger partial charge is 0.445 e. The van der Waals surface area contributed by atoms with E-state index in [1.165, 1.54) is 4.90 Å². The molecule has 1 amide bonds. The third-order valence-electron chi connectivity index (χ3n) is 2.88. The standard InChI is InChI=1S/C13H17NO4/c15-8-12-10-17-7-6-14(12)13(16)18-9-11-4-2-1-3-5-11/h1-5,12,15H,6-10H2/t12-/m1/s1. The average Bonchev–Trinajstić information content (AvgIpc) is 2.45. The van der Waals surface area contributed by atoms with Gasteiger partial charge in [-0.25, -0.2) is 4.79 Å². The molecule has 0 aliphatic carbocycles. The lowest BCUT2D eigenvalue weighted by Crippen LogP contribution is -2.50. The van der Waals surface area contributed by atoms with Crippen molar-refractivity contribution >= 4 is 6.09 Å². The fraction of sp³-hybridized carbons (Fsp3) is 0.462. The number of aliphatic hydroxyl groups excluding tert-OH is 1. The maximum Gasteiger partial charge on any atom is 0.410 e. The molecule has 0 saturated carbocycles. The molecule has 1 aromatic rings. The van der Waals surface area contributed by atoms with Crippen molar-refractivity contribution in [1.29, 1.82) is 0 Å². The van der Waals surface area contributed by atoms with Gasteiger partial charge in [-0.2, -0.15) is 0 Å². The molecule has 5 heteroatoms. The van der Waals surface area contributed by atoms with Crippen LogP contribution in [0.5, 0.6) is 0 Å². The van der Waals surface area contributed by atoms with Crippen LogP contribution in [0.15, 0.2) is 30.3 Å². The number of nitrogens with zero attached hydrogens (tertiary/aromatic N) is 1. The first kappa shape index (κ1) is 12.9. The number of morpholine rings is 1. The molecule has 1 aliphatic heterocycles. The van der Waals surface area contributed by atoms with E-state index in [1.54, 1.807) is 0 Å². The van der Waals surface area contributed by atoms with Gasteiger partial charge in [0.15, 0.2) is 0 Å². The second kappa shape index (κ2) is 6.37. The average molecular weight is 251 g/mol. The van der Waals surface area contributed by atoms with Crippen molar-refractivity contribution in [2.24, 2.45) is 0 Å². The van der Waals surface area contributed by atoms with Crippen LogP contribution in [0.1, 0.15) is 5.56 Å². The number of hydrogen-bond acceptors (Lipinski definition) is 4. The Bertz CT molecular complexity index is 382. The molecule has 0 bridgehead atoms. The monoisotopic (exact) mass is 251 g/mol. The van der Waals surface area contributed by atoms with Crippen LogP contribution in [0, 0.1) is 0 Å². The number of carbonyl (C=O) groups excluding carboxylic acids is 1. The van der Waals surface area contributed by atoms with E-state index in [-0.39, 0.29) is 19.3 Å². The SMILES string of the molecule is O=C(OCc1ccccc1)N1CCOC[C@H]1CO. The van der Waals surface area contributed by atoms with Crippen molar-refractivity contribution in [1.82, 2.24) is 4.90 Å². The van der Waals surface area contributed by atoms with Gasteiger partial charge in [0.05, 0.1) is 25.9 Å². The Hall–Kier alpha value is -1.59. The van der Waals surface area contributed by atoms with Gasteiger partial charge in [0, 0.05) is 6.54 Å². The Balaban J connectivity index is 1.87. The van der Waals surface area contributed by atoms with Crippen LogP contribution in [-0.4, -0.2) is 48.5 Å². The highest BCUT2D eigenvalue weighted by atomic mass is 16.6. The minimum Gasteiger partial charge on any atom is -0.445 e. The van der Waals surface area contributed by atoms with Crippen LogP contribution >= 0.6 is 0 Å². The van der Waals surface area contributed by atoms with Gasteiger partial charge >= 0.3 is 6.09 Å². The molecule has 98 valence electrons.